The van der Waals surface area contributed by atoms with Crippen molar-refractivity contribution < 1.29 is 4.39 Å². The molecule has 0 saturated heterocycles. The van der Waals surface area contributed by atoms with Crippen LogP contribution in [0.1, 0.15) is 0 Å². The van der Waals surface area contributed by atoms with Gasteiger partial charge in [-0.1, -0.05) is 12.1 Å². The van der Waals surface area contributed by atoms with Crippen molar-refractivity contribution in [1.29, 1.82) is 0 Å². The molecule has 0 saturated carbocycles. The van der Waals surface area contributed by atoms with Gasteiger partial charge in [0, 0.05) is 9.64 Å². The summed E-state index contributed by atoms with van der Waals surface area (Å²) in [5.41, 5.74) is 8.25. The van der Waals surface area contributed by atoms with Crippen LogP contribution in [-0.4, -0.2) is 9.55 Å². The molecule has 0 fully saturated rings. The molecule has 3 nitrogen and oxygen atoms in total. The monoisotopic (exact) mass is 353 g/mol. The highest BCUT2D eigenvalue weighted by atomic mass is 127. The Morgan fingerprint density at radius 1 is 1.17 bits per heavy atom. The molecule has 0 amide bonds. The van der Waals surface area contributed by atoms with E-state index in [-0.39, 0.29) is 5.82 Å². The smallest absolute Gasteiger partial charge is 0.205 e. The van der Waals surface area contributed by atoms with Crippen molar-refractivity contribution in [3.8, 4) is 5.69 Å². The van der Waals surface area contributed by atoms with Crippen molar-refractivity contribution in [2.75, 3.05) is 5.73 Å². The first-order chi connectivity index (χ1) is 8.66. The van der Waals surface area contributed by atoms with E-state index in [0.29, 0.717) is 11.5 Å². The molecule has 5 heteroatoms. The van der Waals surface area contributed by atoms with E-state index >= 15 is 0 Å². The Bertz CT molecular complexity index is 736. The largest absolute Gasteiger partial charge is 0.369 e. The second-order valence-electron chi connectivity index (χ2n) is 3.89. The zero-order valence-corrected chi connectivity index (χ0v) is 11.4. The highest BCUT2D eigenvalue weighted by molar-refractivity contribution is 14.1. The number of fused-ring (bicyclic) bond motifs is 1. The normalized spacial score (nSPS) is 11.0. The van der Waals surface area contributed by atoms with Gasteiger partial charge in [0.15, 0.2) is 0 Å². The van der Waals surface area contributed by atoms with Gasteiger partial charge in [-0.25, -0.2) is 9.37 Å². The molecule has 0 aliphatic heterocycles. The number of hydrogen-bond acceptors (Lipinski definition) is 2. The van der Waals surface area contributed by atoms with E-state index in [2.05, 4.69) is 27.6 Å². The predicted molar refractivity (Wildman–Crippen MR) is 78.2 cm³/mol. The molecule has 1 aromatic heterocycles. The van der Waals surface area contributed by atoms with Gasteiger partial charge < -0.3 is 5.73 Å². The maximum atomic E-state index is 13.2. The Labute approximate surface area is 117 Å². The van der Waals surface area contributed by atoms with Crippen LogP contribution in [-0.2, 0) is 0 Å². The molecule has 2 aromatic carbocycles. The van der Waals surface area contributed by atoms with Gasteiger partial charge in [-0.15, -0.1) is 0 Å². The summed E-state index contributed by atoms with van der Waals surface area (Å²) in [7, 11) is 0. The number of para-hydroxylation sites is 1. The van der Waals surface area contributed by atoms with Gasteiger partial charge in [-0.05, 0) is 46.9 Å². The first kappa shape index (κ1) is 11.5. The van der Waals surface area contributed by atoms with Crippen LogP contribution in [0.15, 0.2) is 42.5 Å². The lowest BCUT2D eigenvalue weighted by Crippen LogP contribution is -2.02. The Morgan fingerprint density at radius 3 is 2.72 bits per heavy atom. The minimum absolute atomic E-state index is 0.310. The van der Waals surface area contributed by atoms with Crippen LogP contribution in [0.3, 0.4) is 0 Å². The molecule has 2 N–H and O–H groups in total. The molecule has 0 spiro atoms. The van der Waals surface area contributed by atoms with E-state index in [4.69, 9.17) is 5.73 Å². The number of aromatic nitrogens is 2. The summed E-state index contributed by atoms with van der Waals surface area (Å²) in [6.07, 6.45) is 0. The van der Waals surface area contributed by atoms with Gasteiger partial charge in [0.2, 0.25) is 5.95 Å². The maximum absolute atomic E-state index is 13.2. The van der Waals surface area contributed by atoms with Crippen LogP contribution in [0, 0.1) is 9.39 Å². The third kappa shape index (κ3) is 1.74. The number of benzene rings is 2. The molecule has 0 radical (unpaired) electrons. The molecule has 1 heterocycles. The fourth-order valence-electron chi connectivity index (χ4n) is 1.96. The lowest BCUT2D eigenvalue weighted by atomic mass is 10.3. The SMILES string of the molecule is Nc1nc2cc(F)ccc2n1-c1ccccc1I. The summed E-state index contributed by atoms with van der Waals surface area (Å²) in [5, 5.41) is 0. The van der Waals surface area contributed by atoms with E-state index in [1.807, 2.05) is 28.8 Å². The number of imidazole rings is 1. The Balaban J connectivity index is 2.36. The first-order valence-electron chi connectivity index (χ1n) is 5.35. The standard InChI is InChI=1S/C13H9FIN3/c14-8-5-6-12-10(7-8)17-13(16)18(12)11-4-2-1-3-9(11)15/h1-7H,(H2,16,17). The van der Waals surface area contributed by atoms with Crippen molar-refractivity contribution >= 4 is 39.6 Å². The predicted octanol–water partition coefficient (Wildman–Crippen LogP) is 3.35. The van der Waals surface area contributed by atoms with Crippen LogP contribution in [0.2, 0.25) is 0 Å². The number of rotatable bonds is 1. The first-order valence-corrected chi connectivity index (χ1v) is 6.43. The molecular weight excluding hydrogens is 344 g/mol. The van der Waals surface area contributed by atoms with Crippen molar-refractivity contribution in [3.05, 3.63) is 51.9 Å². The summed E-state index contributed by atoms with van der Waals surface area (Å²) in [4.78, 5) is 4.19. The molecular formula is C13H9FIN3. The van der Waals surface area contributed by atoms with Crippen LogP contribution in [0.25, 0.3) is 16.7 Å². The highest BCUT2D eigenvalue weighted by Gasteiger charge is 2.12. The molecule has 0 bridgehead atoms. The summed E-state index contributed by atoms with van der Waals surface area (Å²) in [6, 6.07) is 12.3. The van der Waals surface area contributed by atoms with E-state index in [0.717, 1.165) is 14.8 Å². The van der Waals surface area contributed by atoms with Crippen molar-refractivity contribution in [2.45, 2.75) is 0 Å². The molecule has 90 valence electrons. The highest BCUT2D eigenvalue weighted by Crippen LogP contribution is 2.26. The van der Waals surface area contributed by atoms with Gasteiger partial charge in [-0.2, -0.15) is 0 Å². The van der Waals surface area contributed by atoms with Gasteiger partial charge in [0.25, 0.3) is 0 Å². The second-order valence-corrected chi connectivity index (χ2v) is 5.05. The third-order valence-electron chi connectivity index (χ3n) is 2.74. The van der Waals surface area contributed by atoms with Crippen molar-refractivity contribution in [1.82, 2.24) is 9.55 Å². The molecule has 18 heavy (non-hydrogen) atoms. The number of nitrogens with zero attached hydrogens (tertiary/aromatic N) is 2. The average Bonchev–Trinajstić information content (AvgIpc) is 2.65. The Hall–Kier alpha value is -1.63. The van der Waals surface area contributed by atoms with Crippen LogP contribution >= 0.6 is 22.6 Å². The van der Waals surface area contributed by atoms with E-state index in [9.17, 15) is 4.39 Å². The van der Waals surface area contributed by atoms with Gasteiger partial charge >= 0.3 is 0 Å². The molecule has 3 rings (SSSR count). The minimum atomic E-state index is -0.310. The van der Waals surface area contributed by atoms with Crippen LogP contribution in [0.5, 0.6) is 0 Å². The fourth-order valence-corrected chi connectivity index (χ4v) is 2.59. The quantitative estimate of drug-likeness (QED) is 0.682. The molecule has 0 atom stereocenters. The van der Waals surface area contributed by atoms with E-state index < -0.39 is 0 Å². The molecule has 0 aliphatic rings. The maximum Gasteiger partial charge on any atom is 0.205 e. The van der Waals surface area contributed by atoms with Gasteiger partial charge in [0.1, 0.15) is 5.82 Å². The lowest BCUT2D eigenvalue weighted by Gasteiger charge is -2.08. The van der Waals surface area contributed by atoms with E-state index in [1.165, 1.54) is 12.1 Å². The number of nitrogens with two attached hydrogens (primary N) is 1. The van der Waals surface area contributed by atoms with Crippen molar-refractivity contribution in [2.24, 2.45) is 0 Å². The number of halogens is 2. The topological polar surface area (TPSA) is 43.8 Å². The fraction of sp³-hybridized carbons (Fsp3) is 0. The molecule has 3 aromatic rings. The second kappa shape index (κ2) is 4.24. The van der Waals surface area contributed by atoms with Gasteiger partial charge in [0.05, 0.1) is 16.7 Å². The summed E-state index contributed by atoms with van der Waals surface area (Å²) in [6.45, 7) is 0. The third-order valence-corrected chi connectivity index (χ3v) is 3.65. The van der Waals surface area contributed by atoms with Gasteiger partial charge in [-0.3, -0.25) is 4.57 Å². The Kier molecular flexibility index (Phi) is 2.70. The zero-order chi connectivity index (χ0) is 12.7. The Morgan fingerprint density at radius 2 is 1.94 bits per heavy atom. The molecule has 0 aliphatic carbocycles. The van der Waals surface area contributed by atoms with Crippen LogP contribution in [0.4, 0.5) is 10.3 Å². The summed E-state index contributed by atoms with van der Waals surface area (Å²) in [5.74, 6) is 0.0506. The number of nitrogen functional groups attached to an aromatic ring is 1. The minimum Gasteiger partial charge on any atom is -0.369 e. The zero-order valence-electron chi connectivity index (χ0n) is 9.27. The van der Waals surface area contributed by atoms with Crippen LogP contribution < -0.4 is 5.73 Å². The number of anilines is 1. The number of hydrogen-bond donors (Lipinski definition) is 1. The molecule has 0 unspecified atom stereocenters. The summed E-state index contributed by atoms with van der Waals surface area (Å²) < 4.78 is 16.1. The average molecular weight is 353 g/mol. The van der Waals surface area contributed by atoms with Crippen molar-refractivity contribution in [3.63, 3.8) is 0 Å². The van der Waals surface area contributed by atoms with E-state index in [1.54, 1.807) is 6.07 Å². The summed E-state index contributed by atoms with van der Waals surface area (Å²) >= 11 is 2.24. The lowest BCUT2D eigenvalue weighted by molar-refractivity contribution is 0.629.